The maximum absolute atomic E-state index is 5.50. The van der Waals surface area contributed by atoms with E-state index in [9.17, 15) is 0 Å². The Morgan fingerprint density at radius 1 is 1.18 bits per heavy atom. The van der Waals surface area contributed by atoms with E-state index >= 15 is 0 Å². The molecule has 116 valence electrons. The van der Waals surface area contributed by atoms with Gasteiger partial charge in [0, 0.05) is 29.1 Å². The van der Waals surface area contributed by atoms with Crippen LogP contribution in [0.5, 0.6) is 0 Å². The average Bonchev–Trinajstić information content (AvgIpc) is 3.15. The predicted molar refractivity (Wildman–Crippen MR) is 87.6 cm³/mol. The van der Waals surface area contributed by atoms with E-state index in [2.05, 4.69) is 33.4 Å². The van der Waals surface area contributed by atoms with Gasteiger partial charge in [0.2, 0.25) is 0 Å². The number of rotatable bonds is 4. The van der Waals surface area contributed by atoms with E-state index in [0.29, 0.717) is 5.54 Å². The monoisotopic (exact) mass is 314 g/mol. The fourth-order valence-electron chi connectivity index (χ4n) is 5.54. The molecule has 2 heterocycles. The fourth-order valence-corrected chi connectivity index (χ4v) is 6.19. The van der Waals surface area contributed by atoms with Gasteiger partial charge < -0.3 is 9.84 Å². The molecule has 2 aromatic heterocycles. The Labute approximate surface area is 135 Å². The first-order chi connectivity index (χ1) is 10.8. The van der Waals surface area contributed by atoms with Crippen molar-refractivity contribution in [3.05, 3.63) is 28.6 Å². The summed E-state index contributed by atoms with van der Waals surface area (Å²) >= 11 is 1.69. The van der Waals surface area contributed by atoms with Gasteiger partial charge in [-0.25, -0.2) is 0 Å². The highest BCUT2D eigenvalue weighted by Crippen LogP contribution is 2.55. The number of nitrogens with zero attached hydrogens (tertiary/aromatic N) is 1. The molecular weight excluding hydrogens is 292 g/mol. The van der Waals surface area contributed by atoms with Crippen LogP contribution in [0.15, 0.2) is 27.4 Å². The first-order valence-electron chi connectivity index (χ1n) is 8.51. The van der Waals surface area contributed by atoms with Gasteiger partial charge >= 0.3 is 0 Å². The van der Waals surface area contributed by atoms with Crippen molar-refractivity contribution >= 4 is 11.3 Å². The quantitative estimate of drug-likeness (QED) is 0.905. The fraction of sp³-hybridized carbons (Fsp3) is 0.611. The van der Waals surface area contributed by atoms with Gasteiger partial charge in [-0.3, -0.25) is 0 Å². The number of nitrogens with one attached hydrogen (secondary N) is 1. The molecule has 2 aromatic rings. The van der Waals surface area contributed by atoms with Gasteiger partial charge in [0.05, 0.1) is 5.69 Å². The van der Waals surface area contributed by atoms with Crippen LogP contribution in [-0.2, 0) is 6.54 Å². The van der Waals surface area contributed by atoms with E-state index in [1.165, 1.54) is 38.5 Å². The van der Waals surface area contributed by atoms with Crippen molar-refractivity contribution in [2.24, 2.45) is 17.8 Å². The van der Waals surface area contributed by atoms with Crippen molar-refractivity contribution in [1.29, 1.82) is 0 Å². The van der Waals surface area contributed by atoms with Gasteiger partial charge in [-0.2, -0.15) is 11.3 Å². The van der Waals surface area contributed by atoms with Crippen molar-refractivity contribution < 1.29 is 4.52 Å². The van der Waals surface area contributed by atoms with E-state index in [0.717, 1.165) is 41.3 Å². The SMILES string of the molecule is c1cc(-c2cc(CNC34CC5CC(CC(C5)C3)C4)no2)cs1. The van der Waals surface area contributed by atoms with Crippen LogP contribution in [-0.4, -0.2) is 10.7 Å². The maximum Gasteiger partial charge on any atom is 0.168 e. The number of hydrogen-bond donors (Lipinski definition) is 1. The highest BCUT2D eigenvalue weighted by Gasteiger charge is 2.50. The minimum Gasteiger partial charge on any atom is -0.356 e. The lowest BCUT2D eigenvalue weighted by Crippen LogP contribution is -2.58. The normalized spacial score (nSPS) is 36.1. The number of thiophene rings is 1. The summed E-state index contributed by atoms with van der Waals surface area (Å²) in [6.07, 6.45) is 8.63. The van der Waals surface area contributed by atoms with Gasteiger partial charge in [-0.15, -0.1) is 0 Å². The molecule has 4 saturated carbocycles. The predicted octanol–water partition coefficient (Wildman–Crippen LogP) is 4.46. The molecule has 0 aromatic carbocycles. The van der Waals surface area contributed by atoms with E-state index < -0.39 is 0 Å². The Balaban J connectivity index is 1.29. The zero-order valence-electron chi connectivity index (χ0n) is 12.8. The molecule has 4 heteroatoms. The standard InChI is InChI=1S/C18H22N2OS/c1-2-22-11-15(1)17-6-16(20-21-17)10-19-18-7-12-3-13(8-18)5-14(4-12)9-18/h1-2,6,11-14,19H,3-5,7-10H2. The molecule has 0 atom stereocenters. The molecule has 0 unspecified atom stereocenters. The Bertz CT molecular complexity index is 625. The molecule has 0 radical (unpaired) electrons. The second kappa shape index (κ2) is 4.93. The molecule has 3 nitrogen and oxygen atoms in total. The minimum atomic E-state index is 0.399. The Morgan fingerprint density at radius 2 is 1.91 bits per heavy atom. The molecule has 4 bridgehead atoms. The molecule has 22 heavy (non-hydrogen) atoms. The van der Waals surface area contributed by atoms with Crippen molar-refractivity contribution in [2.45, 2.75) is 50.6 Å². The second-order valence-corrected chi connectivity index (χ2v) is 8.53. The third-order valence-corrected chi connectivity index (χ3v) is 6.73. The summed E-state index contributed by atoms with van der Waals surface area (Å²) in [6, 6.07) is 4.18. The van der Waals surface area contributed by atoms with Gasteiger partial charge in [0.15, 0.2) is 5.76 Å². The Hall–Kier alpha value is -1.13. The van der Waals surface area contributed by atoms with E-state index in [4.69, 9.17) is 4.52 Å². The van der Waals surface area contributed by atoms with Crippen LogP contribution < -0.4 is 5.32 Å². The lowest BCUT2D eigenvalue weighted by molar-refractivity contribution is -0.0208. The van der Waals surface area contributed by atoms with Gasteiger partial charge in [-0.1, -0.05) is 5.16 Å². The Kier molecular flexibility index (Phi) is 2.99. The second-order valence-electron chi connectivity index (χ2n) is 7.75. The van der Waals surface area contributed by atoms with Crippen LogP contribution in [0.2, 0.25) is 0 Å². The highest BCUT2D eigenvalue weighted by molar-refractivity contribution is 7.08. The van der Waals surface area contributed by atoms with Crippen LogP contribution in [0.4, 0.5) is 0 Å². The summed E-state index contributed by atoms with van der Waals surface area (Å²) < 4.78 is 5.50. The number of hydrogen-bond acceptors (Lipinski definition) is 4. The molecule has 1 N–H and O–H groups in total. The van der Waals surface area contributed by atoms with Crippen molar-refractivity contribution in [2.75, 3.05) is 0 Å². The largest absolute Gasteiger partial charge is 0.356 e. The third-order valence-electron chi connectivity index (χ3n) is 6.05. The van der Waals surface area contributed by atoms with Crippen LogP contribution >= 0.6 is 11.3 Å². The summed E-state index contributed by atoms with van der Waals surface area (Å²) in [7, 11) is 0. The van der Waals surface area contributed by atoms with Crippen molar-refractivity contribution in [1.82, 2.24) is 10.5 Å². The zero-order chi connectivity index (χ0) is 14.6. The molecule has 0 amide bonds. The van der Waals surface area contributed by atoms with Crippen LogP contribution in [0, 0.1) is 17.8 Å². The van der Waals surface area contributed by atoms with Crippen LogP contribution in [0.25, 0.3) is 11.3 Å². The van der Waals surface area contributed by atoms with Gasteiger partial charge in [0.25, 0.3) is 0 Å². The van der Waals surface area contributed by atoms with Gasteiger partial charge in [0.1, 0.15) is 0 Å². The molecule has 4 fully saturated rings. The van der Waals surface area contributed by atoms with Crippen molar-refractivity contribution in [3.63, 3.8) is 0 Å². The Morgan fingerprint density at radius 3 is 2.55 bits per heavy atom. The topological polar surface area (TPSA) is 38.1 Å². The number of aromatic nitrogens is 1. The van der Waals surface area contributed by atoms with Crippen molar-refractivity contribution in [3.8, 4) is 11.3 Å². The summed E-state index contributed by atoms with van der Waals surface area (Å²) in [5.74, 6) is 3.84. The summed E-state index contributed by atoms with van der Waals surface area (Å²) in [4.78, 5) is 0. The van der Waals surface area contributed by atoms with Crippen LogP contribution in [0.3, 0.4) is 0 Å². The average molecular weight is 314 g/mol. The molecule has 0 saturated heterocycles. The summed E-state index contributed by atoms with van der Waals surface area (Å²) in [6.45, 7) is 0.847. The zero-order valence-corrected chi connectivity index (χ0v) is 13.6. The molecule has 0 aliphatic heterocycles. The van der Waals surface area contributed by atoms with Crippen LogP contribution in [0.1, 0.15) is 44.2 Å². The molecule has 0 spiro atoms. The summed E-state index contributed by atoms with van der Waals surface area (Å²) in [5, 5.41) is 12.3. The first-order valence-corrected chi connectivity index (χ1v) is 9.45. The summed E-state index contributed by atoms with van der Waals surface area (Å²) in [5.41, 5.74) is 2.58. The minimum absolute atomic E-state index is 0.399. The van der Waals surface area contributed by atoms with Gasteiger partial charge in [-0.05, 0) is 67.7 Å². The molecule has 4 aliphatic carbocycles. The lowest BCUT2D eigenvalue weighted by atomic mass is 9.53. The highest BCUT2D eigenvalue weighted by atomic mass is 32.1. The molecule has 6 rings (SSSR count). The van der Waals surface area contributed by atoms with E-state index in [1.54, 1.807) is 11.3 Å². The third kappa shape index (κ3) is 2.24. The molecule has 4 aliphatic rings. The van der Waals surface area contributed by atoms with E-state index in [-0.39, 0.29) is 0 Å². The lowest BCUT2D eigenvalue weighted by Gasteiger charge is -2.57. The maximum atomic E-state index is 5.50. The van der Waals surface area contributed by atoms with E-state index in [1.807, 2.05) is 0 Å². The first kappa shape index (κ1) is 13.3. The molecular formula is C18H22N2OS. The smallest absolute Gasteiger partial charge is 0.168 e.